The van der Waals surface area contributed by atoms with Gasteiger partial charge in [-0.2, -0.15) is 10.4 Å². The normalized spacial score (nSPS) is 19.7. The average molecular weight is 508 g/mol. The van der Waals surface area contributed by atoms with Crippen molar-refractivity contribution in [2.45, 2.75) is 58.3 Å². The molecule has 3 aromatic heterocycles. The second-order valence-corrected chi connectivity index (χ2v) is 10.3. The largest absolute Gasteiger partial charge is 0.364 e. The minimum absolute atomic E-state index is 0.101. The van der Waals surface area contributed by atoms with Gasteiger partial charge in [0.15, 0.2) is 0 Å². The van der Waals surface area contributed by atoms with Crippen molar-refractivity contribution in [2.75, 3.05) is 18.0 Å². The number of pyridine rings is 1. The molecule has 3 atom stereocenters. The van der Waals surface area contributed by atoms with Gasteiger partial charge in [0.1, 0.15) is 17.9 Å². The molecule has 36 heavy (non-hydrogen) atoms. The maximum Gasteiger partial charge on any atom is 0.252 e. The Morgan fingerprint density at radius 1 is 1.25 bits per heavy atom. The number of nitriles is 1. The Kier molecular flexibility index (Phi) is 6.53. The van der Waals surface area contributed by atoms with Crippen molar-refractivity contribution in [2.24, 2.45) is 7.05 Å². The Balaban J connectivity index is 1.53. The molecule has 0 saturated carbocycles. The van der Waals surface area contributed by atoms with Gasteiger partial charge in [0.2, 0.25) is 0 Å². The van der Waals surface area contributed by atoms with Gasteiger partial charge in [-0.25, -0.2) is 9.37 Å². The standard InChI is InChI=1S/C26H30FN7OS/c1-5-17-13-34(21-11-23(35)31(4)22-14-32(10-9-28)30-25(21)22)18(6-2)12-33(17)16(3)19-7-8-20-26(24(19)27)36-15-29-20/h7-8,11,14-18H,5-6,10,12-13H2,1-4H3/t16-,17+,18-/m0/s1. The first-order valence-electron chi connectivity index (χ1n) is 12.4. The van der Waals surface area contributed by atoms with Crippen LogP contribution in [-0.2, 0) is 13.6 Å². The molecule has 8 nitrogen and oxygen atoms in total. The van der Waals surface area contributed by atoms with E-state index < -0.39 is 0 Å². The lowest BCUT2D eigenvalue weighted by atomic mass is 9.96. The Morgan fingerprint density at radius 3 is 2.75 bits per heavy atom. The van der Waals surface area contributed by atoms with Crippen molar-refractivity contribution >= 4 is 38.3 Å². The van der Waals surface area contributed by atoms with E-state index in [0.717, 1.165) is 30.6 Å². The van der Waals surface area contributed by atoms with Crippen molar-refractivity contribution in [3.05, 3.63) is 51.6 Å². The molecular weight excluding hydrogens is 477 g/mol. The molecule has 1 saturated heterocycles. The summed E-state index contributed by atoms with van der Waals surface area (Å²) in [6, 6.07) is 7.75. The van der Waals surface area contributed by atoms with Crippen LogP contribution in [0.2, 0.25) is 0 Å². The van der Waals surface area contributed by atoms with Crippen LogP contribution in [0.1, 0.15) is 45.2 Å². The first-order chi connectivity index (χ1) is 17.4. The highest BCUT2D eigenvalue weighted by atomic mass is 32.1. The van der Waals surface area contributed by atoms with Gasteiger partial charge >= 0.3 is 0 Å². The molecule has 4 aromatic rings. The number of anilines is 1. The predicted molar refractivity (Wildman–Crippen MR) is 141 cm³/mol. The molecule has 0 aliphatic carbocycles. The van der Waals surface area contributed by atoms with Gasteiger partial charge in [-0.15, -0.1) is 11.3 Å². The Hall–Kier alpha value is -3.29. The number of hydrogen-bond acceptors (Lipinski definition) is 7. The van der Waals surface area contributed by atoms with E-state index in [9.17, 15) is 4.79 Å². The number of thiazole rings is 1. The van der Waals surface area contributed by atoms with Gasteiger partial charge in [-0.05, 0) is 25.8 Å². The van der Waals surface area contributed by atoms with Gasteiger partial charge in [-0.3, -0.25) is 14.4 Å². The topological polar surface area (TPSA) is 83.0 Å². The molecule has 1 aromatic carbocycles. The number of aromatic nitrogens is 4. The molecule has 0 amide bonds. The second-order valence-electron chi connectivity index (χ2n) is 9.46. The van der Waals surface area contributed by atoms with E-state index in [2.05, 4.69) is 46.7 Å². The number of rotatable bonds is 6. The number of hydrogen-bond donors (Lipinski definition) is 0. The van der Waals surface area contributed by atoms with E-state index in [1.165, 1.54) is 11.3 Å². The average Bonchev–Trinajstić information content (AvgIpc) is 3.53. The van der Waals surface area contributed by atoms with Crippen LogP contribution in [0.4, 0.5) is 10.1 Å². The van der Waals surface area contributed by atoms with Crippen molar-refractivity contribution in [1.29, 1.82) is 5.26 Å². The maximum atomic E-state index is 15.4. The molecule has 1 aliphatic rings. The Bertz CT molecular complexity index is 1520. The smallest absolute Gasteiger partial charge is 0.252 e. The predicted octanol–water partition coefficient (Wildman–Crippen LogP) is 4.45. The number of aryl methyl sites for hydroxylation is 1. The summed E-state index contributed by atoms with van der Waals surface area (Å²) >= 11 is 1.34. The molecule has 188 valence electrons. The summed E-state index contributed by atoms with van der Waals surface area (Å²) in [7, 11) is 1.73. The summed E-state index contributed by atoms with van der Waals surface area (Å²) in [6.07, 6.45) is 3.52. The molecular formula is C26H30FN7OS. The van der Waals surface area contributed by atoms with Gasteiger partial charge in [0.25, 0.3) is 5.56 Å². The van der Waals surface area contributed by atoms with Crippen LogP contribution < -0.4 is 10.5 Å². The molecule has 0 bridgehead atoms. The van der Waals surface area contributed by atoms with Crippen molar-refractivity contribution in [1.82, 2.24) is 24.2 Å². The summed E-state index contributed by atoms with van der Waals surface area (Å²) in [4.78, 5) is 21.8. The van der Waals surface area contributed by atoms with Crippen LogP contribution >= 0.6 is 11.3 Å². The number of fused-ring (bicyclic) bond motifs is 2. The molecule has 0 N–H and O–H groups in total. The van der Waals surface area contributed by atoms with Crippen molar-refractivity contribution in [3.8, 4) is 6.07 Å². The third-order valence-corrected chi connectivity index (χ3v) is 8.41. The first-order valence-corrected chi connectivity index (χ1v) is 13.2. The zero-order chi connectivity index (χ0) is 25.6. The zero-order valence-electron chi connectivity index (χ0n) is 21.0. The fourth-order valence-corrected chi connectivity index (χ4v) is 6.21. The van der Waals surface area contributed by atoms with E-state index >= 15 is 4.39 Å². The van der Waals surface area contributed by atoms with E-state index in [1.54, 1.807) is 34.1 Å². The zero-order valence-corrected chi connectivity index (χ0v) is 21.8. The number of halogens is 1. The maximum absolute atomic E-state index is 15.4. The molecule has 10 heteroatoms. The SMILES string of the molecule is CC[C@H]1CN([C@@H](C)c2ccc3ncsc3c2F)[C@H](CC)CN1c1cc(=O)n(C)c2cn(CC#N)nc12. The highest BCUT2D eigenvalue weighted by molar-refractivity contribution is 7.16. The summed E-state index contributed by atoms with van der Waals surface area (Å²) in [5, 5.41) is 13.8. The fraction of sp³-hybridized carbons (Fsp3) is 0.462. The number of piperazine rings is 1. The third kappa shape index (κ3) is 3.96. The van der Waals surface area contributed by atoms with Crippen LogP contribution in [0.5, 0.6) is 0 Å². The summed E-state index contributed by atoms with van der Waals surface area (Å²) < 4.78 is 19.2. The van der Waals surface area contributed by atoms with E-state index in [-0.39, 0.29) is 36.0 Å². The van der Waals surface area contributed by atoms with Gasteiger partial charge in [0.05, 0.1) is 39.2 Å². The Labute approximate surface area is 213 Å². The number of nitrogens with zero attached hydrogens (tertiary/aromatic N) is 7. The third-order valence-electron chi connectivity index (χ3n) is 7.58. The minimum Gasteiger partial charge on any atom is -0.364 e. The lowest BCUT2D eigenvalue weighted by Crippen LogP contribution is -2.59. The van der Waals surface area contributed by atoms with Crippen LogP contribution in [0.25, 0.3) is 21.3 Å². The Morgan fingerprint density at radius 2 is 2.03 bits per heavy atom. The first kappa shape index (κ1) is 24.4. The lowest BCUT2D eigenvalue weighted by molar-refractivity contribution is 0.0995. The molecule has 0 radical (unpaired) electrons. The van der Waals surface area contributed by atoms with Gasteiger partial charge < -0.3 is 9.47 Å². The van der Waals surface area contributed by atoms with E-state index in [1.807, 2.05) is 12.1 Å². The van der Waals surface area contributed by atoms with Crippen molar-refractivity contribution < 1.29 is 4.39 Å². The fourth-order valence-electron chi connectivity index (χ4n) is 5.48. The molecule has 1 fully saturated rings. The van der Waals surface area contributed by atoms with Crippen LogP contribution in [0.15, 0.2) is 34.7 Å². The molecule has 0 spiro atoms. The minimum atomic E-state index is -0.177. The van der Waals surface area contributed by atoms with Crippen LogP contribution in [0, 0.1) is 17.1 Å². The van der Waals surface area contributed by atoms with E-state index in [0.29, 0.717) is 27.8 Å². The number of benzene rings is 1. The summed E-state index contributed by atoms with van der Waals surface area (Å²) in [5.41, 5.74) is 5.22. The monoisotopic (exact) mass is 507 g/mol. The summed E-state index contributed by atoms with van der Waals surface area (Å²) in [6.45, 7) is 7.94. The van der Waals surface area contributed by atoms with Crippen LogP contribution in [0.3, 0.4) is 0 Å². The van der Waals surface area contributed by atoms with Gasteiger partial charge in [0, 0.05) is 49.9 Å². The summed E-state index contributed by atoms with van der Waals surface area (Å²) in [5.74, 6) is -0.177. The van der Waals surface area contributed by atoms with E-state index in [4.69, 9.17) is 5.26 Å². The molecule has 1 aliphatic heterocycles. The highest BCUT2D eigenvalue weighted by Crippen LogP contribution is 2.36. The van der Waals surface area contributed by atoms with Crippen molar-refractivity contribution in [3.63, 3.8) is 0 Å². The van der Waals surface area contributed by atoms with Gasteiger partial charge in [-0.1, -0.05) is 19.9 Å². The quantitative estimate of drug-likeness (QED) is 0.384. The highest BCUT2D eigenvalue weighted by Gasteiger charge is 2.37. The second kappa shape index (κ2) is 9.64. The van der Waals surface area contributed by atoms with Crippen LogP contribution in [-0.4, -0.2) is 49.4 Å². The lowest BCUT2D eigenvalue weighted by Gasteiger charge is -2.49. The molecule has 0 unspecified atom stereocenters. The molecule has 4 heterocycles. The molecule has 5 rings (SSSR count).